The Hall–Kier alpha value is -0.570. The molecule has 0 aromatic rings. The third-order valence-electron chi connectivity index (χ3n) is 6.46. The van der Waals surface area contributed by atoms with Crippen LogP contribution < -0.4 is 10.6 Å². The van der Waals surface area contributed by atoms with E-state index in [2.05, 4.69) is 17.6 Å². The number of rotatable bonds is 2. The summed E-state index contributed by atoms with van der Waals surface area (Å²) < 4.78 is 0. The van der Waals surface area contributed by atoms with E-state index >= 15 is 0 Å². The summed E-state index contributed by atoms with van der Waals surface area (Å²) in [5.41, 5.74) is 0.189. The van der Waals surface area contributed by atoms with E-state index in [1.807, 2.05) is 0 Å². The molecule has 5 fully saturated rings. The van der Waals surface area contributed by atoms with Gasteiger partial charge < -0.3 is 10.6 Å². The van der Waals surface area contributed by atoms with Crippen LogP contribution in [0.25, 0.3) is 0 Å². The molecule has 5 rings (SSSR count). The molecular formula is C17H28N2O. The van der Waals surface area contributed by atoms with Gasteiger partial charge in [0.2, 0.25) is 5.91 Å². The van der Waals surface area contributed by atoms with E-state index in [0.717, 1.165) is 37.1 Å². The van der Waals surface area contributed by atoms with Crippen molar-refractivity contribution in [2.24, 2.45) is 23.7 Å². The van der Waals surface area contributed by atoms with Crippen molar-refractivity contribution in [2.45, 2.75) is 69.9 Å². The van der Waals surface area contributed by atoms with Gasteiger partial charge in [0, 0.05) is 18.1 Å². The molecule has 5 aliphatic rings. The molecule has 1 aliphatic heterocycles. The first-order valence-electron chi connectivity index (χ1n) is 8.67. The lowest BCUT2D eigenvalue weighted by molar-refractivity contribution is -0.131. The fourth-order valence-corrected chi connectivity index (χ4v) is 5.85. The average Bonchev–Trinajstić information content (AvgIpc) is 2.37. The standard InChI is InChI=1S/C17H28N2O/c1-11-2-3-15(10-18-11)16(20)19-17-7-12-4-13(8-17)6-14(5-12)9-17/h11-15,18H,2-10H2,1H3,(H,19,20). The molecule has 4 bridgehead atoms. The zero-order chi connectivity index (χ0) is 13.7. The van der Waals surface area contributed by atoms with Crippen LogP contribution in [0, 0.1) is 23.7 Å². The minimum atomic E-state index is 0.189. The van der Waals surface area contributed by atoms with Crippen molar-refractivity contribution in [3.05, 3.63) is 0 Å². The molecule has 2 N–H and O–H groups in total. The SMILES string of the molecule is CC1CCC(C(=O)NC23CC4CC(CC(C4)C2)C3)CN1. The maximum Gasteiger partial charge on any atom is 0.224 e. The third kappa shape index (κ3) is 2.28. The van der Waals surface area contributed by atoms with Crippen LogP contribution >= 0.6 is 0 Å². The van der Waals surface area contributed by atoms with Gasteiger partial charge >= 0.3 is 0 Å². The molecule has 3 nitrogen and oxygen atoms in total. The van der Waals surface area contributed by atoms with Crippen molar-refractivity contribution >= 4 is 5.91 Å². The van der Waals surface area contributed by atoms with Gasteiger partial charge in [-0.05, 0) is 76.0 Å². The zero-order valence-corrected chi connectivity index (χ0v) is 12.7. The van der Waals surface area contributed by atoms with Crippen molar-refractivity contribution in [3.63, 3.8) is 0 Å². The largest absolute Gasteiger partial charge is 0.350 e. The molecule has 4 saturated carbocycles. The molecule has 0 aromatic heterocycles. The van der Waals surface area contributed by atoms with Gasteiger partial charge in [0.15, 0.2) is 0 Å². The minimum Gasteiger partial charge on any atom is -0.350 e. The van der Waals surface area contributed by atoms with Crippen molar-refractivity contribution in [2.75, 3.05) is 6.54 Å². The molecule has 112 valence electrons. The highest BCUT2D eigenvalue weighted by Crippen LogP contribution is 2.55. The Kier molecular flexibility index (Phi) is 3.10. The van der Waals surface area contributed by atoms with E-state index in [9.17, 15) is 4.79 Å². The quantitative estimate of drug-likeness (QED) is 0.813. The second-order valence-corrected chi connectivity index (χ2v) is 8.27. The highest BCUT2D eigenvalue weighted by Gasteiger charge is 2.51. The maximum atomic E-state index is 12.6. The summed E-state index contributed by atoms with van der Waals surface area (Å²) in [6.07, 6.45) is 10.3. The van der Waals surface area contributed by atoms with Crippen LogP contribution in [0.1, 0.15) is 58.3 Å². The maximum absolute atomic E-state index is 12.6. The van der Waals surface area contributed by atoms with Crippen LogP contribution in [-0.2, 0) is 4.79 Å². The van der Waals surface area contributed by atoms with Crippen LogP contribution in [0.2, 0.25) is 0 Å². The molecule has 1 saturated heterocycles. The van der Waals surface area contributed by atoms with Crippen LogP contribution in [0.15, 0.2) is 0 Å². The summed E-state index contributed by atoms with van der Waals surface area (Å²) >= 11 is 0. The van der Waals surface area contributed by atoms with Crippen LogP contribution in [0.3, 0.4) is 0 Å². The van der Waals surface area contributed by atoms with E-state index in [1.54, 1.807) is 0 Å². The summed E-state index contributed by atoms with van der Waals surface area (Å²) in [6.45, 7) is 3.09. The highest BCUT2D eigenvalue weighted by atomic mass is 16.2. The Balaban J connectivity index is 1.42. The predicted molar refractivity (Wildman–Crippen MR) is 79.2 cm³/mol. The number of piperidine rings is 1. The van der Waals surface area contributed by atoms with E-state index in [1.165, 1.54) is 38.5 Å². The summed E-state index contributed by atoms with van der Waals surface area (Å²) in [5, 5.41) is 6.99. The topological polar surface area (TPSA) is 41.1 Å². The Morgan fingerprint density at radius 2 is 1.65 bits per heavy atom. The molecule has 1 amide bonds. The average molecular weight is 276 g/mol. The van der Waals surface area contributed by atoms with Crippen LogP contribution in [-0.4, -0.2) is 24.0 Å². The van der Waals surface area contributed by atoms with Gasteiger partial charge in [-0.1, -0.05) is 0 Å². The van der Waals surface area contributed by atoms with E-state index in [4.69, 9.17) is 0 Å². The van der Waals surface area contributed by atoms with Gasteiger partial charge in [-0.2, -0.15) is 0 Å². The first kappa shape index (κ1) is 13.1. The smallest absolute Gasteiger partial charge is 0.224 e. The first-order chi connectivity index (χ1) is 9.62. The van der Waals surface area contributed by atoms with E-state index in [-0.39, 0.29) is 11.5 Å². The van der Waals surface area contributed by atoms with Crippen molar-refractivity contribution in [3.8, 4) is 0 Å². The van der Waals surface area contributed by atoms with E-state index < -0.39 is 0 Å². The molecule has 0 spiro atoms. The second-order valence-electron chi connectivity index (χ2n) is 8.27. The molecule has 1 heterocycles. The lowest BCUT2D eigenvalue weighted by Gasteiger charge is -2.57. The summed E-state index contributed by atoms with van der Waals surface area (Å²) in [6, 6.07) is 0.582. The van der Waals surface area contributed by atoms with E-state index in [0.29, 0.717) is 11.9 Å². The number of amides is 1. The summed E-state index contributed by atoms with van der Waals surface area (Å²) in [7, 11) is 0. The lowest BCUT2D eigenvalue weighted by Crippen LogP contribution is -2.61. The normalized spacial score (nSPS) is 50.1. The fraction of sp³-hybridized carbons (Fsp3) is 0.941. The minimum absolute atomic E-state index is 0.189. The van der Waals surface area contributed by atoms with Crippen molar-refractivity contribution in [1.29, 1.82) is 0 Å². The van der Waals surface area contributed by atoms with Crippen molar-refractivity contribution in [1.82, 2.24) is 10.6 Å². The number of carbonyl (C=O) groups is 1. The number of hydrogen-bond donors (Lipinski definition) is 2. The number of carbonyl (C=O) groups excluding carboxylic acids is 1. The Morgan fingerprint density at radius 1 is 1.05 bits per heavy atom. The number of nitrogens with one attached hydrogen (secondary N) is 2. The Labute approximate surface area is 122 Å². The Morgan fingerprint density at radius 3 is 2.15 bits per heavy atom. The van der Waals surface area contributed by atoms with Crippen LogP contribution in [0.4, 0.5) is 0 Å². The predicted octanol–water partition coefficient (Wildman–Crippen LogP) is 2.46. The molecule has 20 heavy (non-hydrogen) atoms. The molecule has 4 aliphatic carbocycles. The Bertz CT molecular complexity index is 363. The highest BCUT2D eigenvalue weighted by molar-refractivity contribution is 5.80. The molecule has 2 unspecified atom stereocenters. The van der Waals surface area contributed by atoms with Gasteiger partial charge in [0.1, 0.15) is 0 Å². The molecule has 3 heteroatoms. The molecular weight excluding hydrogens is 248 g/mol. The molecule has 0 radical (unpaired) electrons. The first-order valence-corrected chi connectivity index (χ1v) is 8.67. The van der Waals surface area contributed by atoms with Crippen LogP contribution in [0.5, 0.6) is 0 Å². The van der Waals surface area contributed by atoms with Gasteiger partial charge in [-0.3, -0.25) is 4.79 Å². The molecule has 0 aromatic carbocycles. The van der Waals surface area contributed by atoms with Crippen molar-refractivity contribution < 1.29 is 4.79 Å². The monoisotopic (exact) mass is 276 g/mol. The molecule has 2 atom stereocenters. The van der Waals surface area contributed by atoms with Gasteiger partial charge in [0.25, 0.3) is 0 Å². The fourth-order valence-electron chi connectivity index (χ4n) is 5.85. The van der Waals surface area contributed by atoms with Gasteiger partial charge in [-0.25, -0.2) is 0 Å². The van der Waals surface area contributed by atoms with Gasteiger partial charge in [-0.15, -0.1) is 0 Å². The number of hydrogen-bond acceptors (Lipinski definition) is 2. The van der Waals surface area contributed by atoms with Gasteiger partial charge in [0.05, 0.1) is 5.92 Å². The lowest BCUT2D eigenvalue weighted by atomic mass is 9.53. The zero-order valence-electron chi connectivity index (χ0n) is 12.7. The second kappa shape index (κ2) is 4.72. The summed E-state index contributed by atoms with van der Waals surface area (Å²) in [4.78, 5) is 12.6. The summed E-state index contributed by atoms with van der Waals surface area (Å²) in [5.74, 6) is 3.27. The third-order valence-corrected chi connectivity index (χ3v) is 6.46.